The molecule has 1 N–H and O–H groups in total. The number of aryl methyl sites for hydroxylation is 1. The van der Waals surface area contributed by atoms with Crippen molar-refractivity contribution in [1.29, 1.82) is 0 Å². The molecule has 8 nitrogen and oxygen atoms in total. The second-order valence-electron chi connectivity index (χ2n) is 6.50. The van der Waals surface area contributed by atoms with Crippen LogP contribution in [0.3, 0.4) is 0 Å². The van der Waals surface area contributed by atoms with Crippen molar-refractivity contribution in [2.45, 2.75) is 45.8 Å². The molecule has 1 aliphatic rings. The lowest BCUT2D eigenvalue weighted by atomic mass is 10.1. The summed E-state index contributed by atoms with van der Waals surface area (Å²) < 4.78 is 16.5. The van der Waals surface area contributed by atoms with Gasteiger partial charge >= 0.3 is 6.03 Å². The number of nitrogens with one attached hydrogen (secondary N) is 1. The zero-order valence-electron chi connectivity index (χ0n) is 15.8. The fourth-order valence-electron chi connectivity index (χ4n) is 2.86. The molecule has 0 saturated carbocycles. The number of anilines is 1. The highest BCUT2D eigenvalue weighted by atomic mass is 16.5. The maximum absolute atomic E-state index is 12.4. The van der Waals surface area contributed by atoms with Crippen LogP contribution in [0, 0.1) is 6.92 Å². The molecular formula is C19H26N4O4. The van der Waals surface area contributed by atoms with Crippen LogP contribution in [-0.2, 0) is 11.3 Å². The average Bonchev–Trinajstić information content (AvgIpc) is 3.11. The van der Waals surface area contributed by atoms with Gasteiger partial charge in [-0.3, -0.25) is 0 Å². The third-order valence-electron chi connectivity index (χ3n) is 4.38. The van der Waals surface area contributed by atoms with Gasteiger partial charge in [0.25, 0.3) is 0 Å². The Balaban J connectivity index is 1.49. The average molecular weight is 374 g/mol. The Labute approximate surface area is 158 Å². The Morgan fingerprint density at radius 2 is 2.15 bits per heavy atom. The zero-order chi connectivity index (χ0) is 19.1. The van der Waals surface area contributed by atoms with Crippen molar-refractivity contribution >= 4 is 11.7 Å². The van der Waals surface area contributed by atoms with E-state index in [0.29, 0.717) is 30.6 Å². The van der Waals surface area contributed by atoms with Gasteiger partial charge in [0.15, 0.2) is 5.82 Å². The Morgan fingerprint density at radius 1 is 1.33 bits per heavy atom. The maximum atomic E-state index is 12.4. The molecule has 2 aromatic rings. The summed E-state index contributed by atoms with van der Waals surface area (Å²) >= 11 is 0. The highest BCUT2D eigenvalue weighted by Crippen LogP contribution is 2.19. The largest absolute Gasteiger partial charge is 0.491 e. The van der Waals surface area contributed by atoms with Crippen molar-refractivity contribution in [3.05, 3.63) is 36.0 Å². The first-order valence-electron chi connectivity index (χ1n) is 9.33. The quantitative estimate of drug-likeness (QED) is 0.799. The molecule has 2 heterocycles. The van der Waals surface area contributed by atoms with Crippen LogP contribution in [0.1, 0.15) is 37.9 Å². The Hall–Kier alpha value is -2.61. The summed E-state index contributed by atoms with van der Waals surface area (Å²) in [4.78, 5) is 18.2. The number of carbonyl (C=O) groups excluding carboxylic acids is 1. The predicted octanol–water partition coefficient (Wildman–Crippen LogP) is 3.38. The van der Waals surface area contributed by atoms with Crippen LogP contribution in [0.2, 0.25) is 0 Å². The molecule has 0 spiro atoms. The van der Waals surface area contributed by atoms with E-state index < -0.39 is 0 Å². The van der Waals surface area contributed by atoms with E-state index in [9.17, 15) is 4.79 Å². The highest BCUT2D eigenvalue weighted by Gasteiger charge is 2.16. The van der Waals surface area contributed by atoms with E-state index in [1.165, 1.54) is 6.42 Å². The number of ether oxygens (including phenoxy) is 2. The number of aromatic nitrogens is 2. The van der Waals surface area contributed by atoms with Gasteiger partial charge in [0.05, 0.1) is 6.10 Å². The molecule has 0 unspecified atom stereocenters. The van der Waals surface area contributed by atoms with E-state index in [0.717, 1.165) is 25.2 Å². The Kier molecular flexibility index (Phi) is 6.64. The van der Waals surface area contributed by atoms with Gasteiger partial charge in [-0.1, -0.05) is 5.16 Å². The van der Waals surface area contributed by atoms with Crippen LogP contribution < -0.4 is 10.1 Å². The summed E-state index contributed by atoms with van der Waals surface area (Å²) in [7, 11) is 0. The molecule has 2 amide bonds. The maximum Gasteiger partial charge on any atom is 0.322 e. The molecule has 1 aromatic heterocycles. The molecule has 1 fully saturated rings. The summed E-state index contributed by atoms with van der Waals surface area (Å²) in [5.41, 5.74) is 0.696. The van der Waals surface area contributed by atoms with Crippen LogP contribution >= 0.6 is 0 Å². The molecule has 8 heteroatoms. The van der Waals surface area contributed by atoms with Gasteiger partial charge in [-0.15, -0.1) is 0 Å². The van der Waals surface area contributed by atoms with E-state index in [1.54, 1.807) is 11.8 Å². The minimum atomic E-state index is -0.224. The molecule has 1 aromatic carbocycles. The van der Waals surface area contributed by atoms with E-state index in [-0.39, 0.29) is 18.7 Å². The normalized spacial score (nSPS) is 16.7. The van der Waals surface area contributed by atoms with Crippen LogP contribution in [-0.4, -0.2) is 46.9 Å². The van der Waals surface area contributed by atoms with Gasteiger partial charge in [-0.05, 0) is 57.4 Å². The Morgan fingerprint density at radius 3 is 2.78 bits per heavy atom. The van der Waals surface area contributed by atoms with Crippen molar-refractivity contribution in [2.75, 3.05) is 25.1 Å². The third kappa shape index (κ3) is 5.68. The molecule has 0 radical (unpaired) electrons. The van der Waals surface area contributed by atoms with Gasteiger partial charge in [-0.25, -0.2) is 4.79 Å². The number of benzene rings is 1. The highest BCUT2D eigenvalue weighted by molar-refractivity contribution is 5.89. The van der Waals surface area contributed by atoms with Gasteiger partial charge in [0, 0.05) is 18.8 Å². The van der Waals surface area contributed by atoms with Gasteiger partial charge < -0.3 is 24.2 Å². The molecule has 146 valence electrons. The predicted molar refractivity (Wildman–Crippen MR) is 99.7 cm³/mol. The van der Waals surface area contributed by atoms with Crippen molar-refractivity contribution in [3.8, 4) is 5.75 Å². The fraction of sp³-hybridized carbons (Fsp3) is 0.526. The van der Waals surface area contributed by atoms with Gasteiger partial charge in [0.1, 0.15) is 18.9 Å². The summed E-state index contributed by atoms with van der Waals surface area (Å²) in [6, 6.07) is 7.10. The van der Waals surface area contributed by atoms with E-state index in [4.69, 9.17) is 14.0 Å². The number of hydrogen-bond donors (Lipinski definition) is 1. The first kappa shape index (κ1) is 19.2. The SMILES string of the molecule is CCN(Cc1nc(C)no1)C(=O)Nc1ccc(OC[C@H]2CCCCO2)cc1. The van der Waals surface area contributed by atoms with Crippen LogP contribution in [0.4, 0.5) is 10.5 Å². The van der Waals surface area contributed by atoms with Crippen molar-refractivity contribution in [1.82, 2.24) is 15.0 Å². The number of urea groups is 1. The molecule has 1 aliphatic heterocycles. The zero-order valence-corrected chi connectivity index (χ0v) is 15.8. The summed E-state index contributed by atoms with van der Waals surface area (Å²) in [6.07, 6.45) is 3.53. The molecule has 3 rings (SSSR count). The summed E-state index contributed by atoms with van der Waals surface area (Å²) in [5, 5.41) is 6.61. The third-order valence-corrected chi connectivity index (χ3v) is 4.38. The lowest BCUT2D eigenvalue weighted by Gasteiger charge is -2.22. The molecule has 1 saturated heterocycles. The van der Waals surface area contributed by atoms with Crippen molar-refractivity contribution < 1.29 is 18.8 Å². The number of amides is 2. The van der Waals surface area contributed by atoms with Crippen LogP contribution in [0.25, 0.3) is 0 Å². The molecule has 27 heavy (non-hydrogen) atoms. The van der Waals surface area contributed by atoms with Crippen molar-refractivity contribution in [3.63, 3.8) is 0 Å². The smallest absolute Gasteiger partial charge is 0.322 e. The topological polar surface area (TPSA) is 89.7 Å². The number of rotatable bonds is 7. The fourth-order valence-corrected chi connectivity index (χ4v) is 2.86. The van der Waals surface area contributed by atoms with E-state index >= 15 is 0 Å². The van der Waals surface area contributed by atoms with Crippen LogP contribution in [0.5, 0.6) is 5.75 Å². The minimum Gasteiger partial charge on any atom is -0.491 e. The second kappa shape index (κ2) is 9.36. The molecular weight excluding hydrogens is 348 g/mol. The van der Waals surface area contributed by atoms with E-state index in [1.807, 2.05) is 31.2 Å². The Bertz CT molecular complexity index is 726. The van der Waals surface area contributed by atoms with Crippen molar-refractivity contribution in [2.24, 2.45) is 0 Å². The number of nitrogens with zero attached hydrogens (tertiary/aromatic N) is 3. The van der Waals surface area contributed by atoms with Gasteiger partial charge in [0.2, 0.25) is 5.89 Å². The molecule has 0 bridgehead atoms. The lowest BCUT2D eigenvalue weighted by Crippen LogP contribution is -2.34. The lowest BCUT2D eigenvalue weighted by molar-refractivity contribution is -0.0110. The van der Waals surface area contributed by atoms with Crippen LogP contribution in [0.15, 0.2) is 28.8 Å². The standard InChI is InChI=1S/C19H26N4O4/c1-3-23(12-18-20-14(2)22-27-18)19(24)21-15-7-9-16(10-8-15)26-13-17-6-4-5-11-25-17/h7-10,17H,3-6,11-13H2,1-2H3,(H,21,24)/t17-/m1/s1. The van der Waals surface area contributed by atoms with Gasteiger partial charge in [-0.2, -0.15) is 4.98 Å². The first-order chi connectivity index (χ1) is 13.1. The minimum absolute atomic E-state index is 0.171. The summed E-state index contributed by atoms with van der Waals surface area (Å²) in [6.45, 7) is 5.80. The number of hydrogen-bond acceptors (Lipinski definition) is 6. The first-order valence-corrected chi connectivity index (χ1v) is 9.33. The number of carbonyl (C=O) groups is 1. The summed E-state index contributed by atoms with van der Waals surface area (Å²) in [5.74, 6) is 1.73. The second-order valence-corrected chi connectivity index (χ2v) is 6.50. The molecule has 0 aliphatic carbocycles. The van der Waals surface area contributed by atoms with E-state index in [2.05, 4.69) is 15.5 Å². The monoisotopic (exact) mass is 374 g/mol. The molecule has 1 atom stereocenters.